The highest BCUT2D eigenvalue weighted by molar-refractivity contribution is 5.72. The van der Waals surface area contributed by atoms with Gasteiger partial charge in [-0.3, -0.25) is 4.68 Å². The zero-order chi connectivity index (χ0) is 14.5. The van der Waals surface area contributed by atoms with Crippen LogP contribution in [0.4, 0.5) is 5.69 Å². The highest BCUT2D eigenvalue weighted by Gasteiger charge is 2.11. The van der Waals surface area contributed by atoms with Crippen LogP contribution in [0, 0.1) is 0 Å². The minimum absolute atomic E-state index is 0.359. The Morgan fingerprint density at radius 2 is 1.95 bits per heavy atom. The van der Waals surface area contributed by atoms with Gasteiger partial charge in [0.15, 0.2) is 0 Å². The van der Waals surface area contributed by atoms with E-state index in [2.05, 4.69) is 25.9 Å². The number of rotatable bonds is 6. The Hall–Kier alpha value is -1.97. The molecule has 1 atom stereocenters. The van der Waals surface area contributed by atoms with Crippen molar-refractivity contribution in [2.75, 3.05) is 12.3 Å². The molecule has 0 fully saturated rings. The monoisotopic (exact) mass is 273 g/mol. The second-order valence-electron chi connectivity index (χ2n) is 5.04. The van der Waals surface area contributed by atoms with Gasteiger partial charge in [-0.05, 0) is 44.0 Å². The first kappa shape index (κ1) is 14.4. The van der Waals surface area contributed by atoms with Gasteiger partial charge in [0.2, 0.25) is 0 Å². The topological polar surface area (TPSA) is 53.1 Å². The molecule has 0 aliphatic carbocycles. The van der Waals surface area contributed by atoms with Crippen LogP contribution < -0.4 is 10.5 Å². The minimum Gasteiger partial charge on any atom is -0.494 e. The lowest BCUT2D eigenvalue weighted by Gasteiger charge is -2.08. The number of hydrogen-bond acceptors (Lipinski definition) is 3. The number of nitrogen functional groups attached to an aromatic ring is 1. The zero-order valence-corrected chi connectivity index (χ0v) is 12.5. The summed E-state index contributed by atoms with van der Waals surface area (Å²) in [5.74, 6) is 0.885. The van der Waals surface area contributed by atoms with Crippen molar-refractivity contribution in [2.45, 2.75) is 39.7 Å². The van der Waals surface area contributed by atoms with Crippen molar-refractivity contribution >= 4 is 5.69 Å². The summed E-state index contributed by atoms with van der Waals surface area (Å²) in [5.41, 5.74) is 8.65. The van der Waals surface area contributed by atoms with Gasteiger partial charge in [0.1, 0.15) is 11.4 Å². The summed E-state index contributed by atoms with van der Waals surface area (Å²) in [6, 6.07) is 8.30. The van der Waals surface area contributed by atoms with Crippen molar-refractivity contribution < 1.29 is 4.74 Å². The molecule has 0 amide bonds. The molecule has 2 N–H and O–H groups in total. The maximum absolute atomic E-state index is 6.07. The van der Waals surface area contributed by atoms with Gasteiger partial charge in [-0.25, -0.2) is 0 Å². The molecule has 0 saturated heterocycles. The van der Waals surface area contributed by atoms with Crippen LogP contribution in [-0.4, -0.2) is 16.4 Å². The number of aromatic nitrogens is 2. The molecule has 20 heavy (non-hydrogen) atoms. The summed E-state index contributed by atoms with van der Waals surface area (Å²) < 4.78 is 7.52. The lowest BCUT2D eigenvalue weighted by Crippen LogP contribution is -2.04. The Morgan fingerprint density at radius 3 is 2.55 bits per heavy atom. The van der Waals surface area contributed by atoms with E-state index in [9.17, 15) is 0 Å². The fraction of sp³-hybridized carbons (Fsp3) is 0.438. The van der Waals surface area contributed by atoms with E-state index in [4.69, 9.17) is 10.5 Å². The SMILES string of the molecule is CCCOc1ccc(-c2nn(C(C)CC)cc2N)cc1. The average molecular weight is 273 g/mol. The number of nitrogens with two attached hydrogens (primary N) is 1. The van der Waals surface area contributed by atoms with E-state index in [0.717, 1.165) is 36.5 Å². The van der Waals surface area contributed by atoms with Gasteiger partial charge in [-0.1, -0.05) is 13.8 Å². The quantitative estimate of drug-likeness (QED) is 0.868. The summed E-state index contributed by atoms with van der Waals surface area (Å²) >= 11 is 0. The van der Waals surface area contributed by atoms with E-state index in [1.165, 1.54) is 0 Å². The van der Waals surface area contributed by atoms with E-state index in [-0.39, 0.29) is 0 Å². The van der Waals surface area contributed by atoms with Crippen LogP contribution in [0.1, 0.15) is 39.7 Å². The van der Waals surface area contributed by atoms with E-state index in [1.807, 2.05) is 35.1 Å². The number of ether oxygens (including phenoxy) is 1. The first-order chi connectivity index (χ1) is 9.65. The predicted octanol–water partition coefficient (Wildman–Crippen LogP) is 3.89. The largest absolute Gasteiger partial charge is 0.494 e. The van der Waals surface area contributed by atoms with Crippen molar-refractivity contribution in [3.8, 4) is 17.0 Å². The lowest BCUT2D eigenvalue weighted by molar-refractivity contribution is 0.317. The number of nitrogens with zero attached hydrogens (tertiary/aromatic N) is 2. The Morgan fingerprint density at radius 1 is 1.25 bits per heavy atom. The third kappa shape index (κ3) is 3.13. The molecular formula is C16H23N3O. The molecule has 0 saturated carbocycles. The molecule has 2 rings (SSSR count). The highest BCUT2D eigenvalue weighted by atomic mass is 16.5. The van der Waals surface area contributed by atoms with E-state index >= 15 is 0 Å². The van der Waals surface area contributed by atoms with E-state index < -0.39 is 0 Å². The maximum Gasteiger partial charge on any atom is 0.119 e. The van der Waals surface area contributed by atoms with Crippen LogP contribution in [0.15, 0.2) is 30.5 Å². The molecule has 0 radical (unpaired) electrons. The summed E-state index contributed by atoms with van der Waals surface area (Å²) in [4.78, 5) is 0. The standard InChI is InChI=1S/C16H23N3O/c1-4-10-20-14-8-6-13(7-9-14)16-15(17)11-19(18-16)12(3)5-2/h6-9,11-12H,4-5,10,17H2,1-3H3. The Kier molecular flexibility index (Phi) is 4.66. The van der Waals surface area contributed by atoms with E-state index in [0.29, 0.717) is 11.7 Å². The van der Waals surface area contributed by atoms with Crippen LogP contribution in [-0.2, 0) is 0 Å². The van der Waals surface area contributed by atoms with Crippen LogP contribution in [0.25, 0.3) is 11.3 Å². The van der Waals surface area contributed by atoms with Crippen molar-refractivity contribution in [2.24, 2.45) is 0 Å². The Bertz CT molecular complexity index is 545. The molecule has 4 heteroatoms. The van der Waals surface area contributed by atoms with Gasteiger partial charge in [0.05, 0.1) is 12.3 Å². The Balaban J connectivity index is 2.21. The van der Waals surface area contributed by atoms with Crippen molar-refractivity contribution in [3.63, 3.8) is 0 Å². The van der Waals surface area contributed by atoms with Gasteiger partial charge in [-0.15, -0.1) is 0 Å². The third-order valence-corrected chi connectivity index (χ3v) is 3.40. The molecule has 0 spiro atoms. The molecule has 1 unspecified atom stereocenters. The molecule has 4 nitrogen and oxygen atoms in total. The summed E-state index contributed by atoms with van der Waals surface area (Å²) in [7, 11) is 0. The third-order valence-electron chi connectivity index (χ3n) is 3.40. The zero-order valence-electron chi connectivity index (χ0n) is 12.5. The highest BCUT2D eigenvalue weighted by Crippen LogP contribution is 2.27. The predicted molar refractivity (Wildman–Crippen MR) is 82.9 cm³/mol. The van der Waals surface area contributed by atoms with Crippen LogP contribution >= 0.6 is 0 Å². The molecule has 108 valence electrons. The number of hydrogen-bond donors (Lipinski definition) is 1. The van der Waals surface area contributed by atoms with Crippen molar-refractivity contribution in [1.82, 2.24) is 9.78 Å². The molecule has 1 heterocycles. The molecule has 1 aromatic heterocycles. The van der Waals surface area contributed by atoms with Gasteiger partial charge in [0, 0.05) is 17.8 Å². The van der Waals surface area contributed by atoms with Gasteiger partial charge >= 0.3 is 0 Å². The average Bonchev–Trinajstić information content (AvgIpc) is 2.87. The first-order valence-corrected chi connectivity index (χ1v) is 7.23. The molecule has 0 aliphatic rings. The molecule has 1 aromatic carbocycles. The molecule has 2 aromatic rings. The smallest absolute Gasteiger partial charge is 0.119 e. The molecule has 0 aliphatic heterocycles. The number of anilines is 1. The summed E-state index contributed by atoms with van der Waals surface area (Å²) in [6.07, 6.45) is 3.95. The molecular weight excluding hydrogens is 250 g/mol. The summed E-state index contributed by atoms with van der Waals surface area (Å²) in [5, 5.41) is 4.59. The lowest BCUT2D eigenvalue weighted by atomic mass is 10.1. The Labute approximate surface area is 120 Å². The van der Waals surface area contributed by atoms with E-state index in [1.54, 1.807) is 0 Å². The maximum atomic E-state index is 6.07. The van der Waals surface area contributed by atoms with Crippen molar-refractivity contribution in [1.29, 1.82) is 0 Å². The van der Waals surface area contributed by atoms with Gasteiger partial charge in [0.25, 0.3) is 0 Å². The van der Waals surface area contributed by atoms with Crippen LogP contribution in [0.5, 0.6) is 5.75 Å². The van der Waals surface area contributed by atoms with Crippen molar-refractivity contribution in [3.05, 3.63) is 30.5 Å². The fourth-order valence-corrected chi connectivity index (χ4v) is 1.97. The van der Waals surface area contributed by atoms with Gasteiger partial charge in [-0.2, -0.15) is 5.10 Å². The van der Waals surface area contributed by atoms with Crippen LogP contribution in [0.3, 0.4) is 0 Å². The number of benzene rings is 1. The summed E-state index contributed by atoms with van der Waals surface area (Å²) in [6.45, 7) is 7.11. The first-order valence-electron chi connectivity index (χ1n) is 7.23. The molecule has 0 bridgehead atoms. The normalized spacial score (nSPS) is 12.3. The van der Waals surface area contributed by atoms with Gasteiger partial charge < -0.3 is 10.5 Å². The van der Waals surface area contributed by atoms with Crippen LogP contribution in [0.2, 0.25) is 0 Å². The minimum atomic E-state index is 0.359. The fourth-order valence-electron chi connectivity index (χ4n) is 1.97. The second kappa shape index (κ2) is 6.46. The second-order valence-corrected chi connectivity index (χ2v) is 5.04.